The number of nitrogens with one attached hydrogen (secondary N) is 1. The summed E-state index contributed by atoms with van der Waals surface area (Å²) in [5.74, 6) is 0. The Morgan fingerprint density at radius 1 is 1.20 bits per heavy atom. The molecule has 5 nitrogen and oxygen atoms in total. The summed E-state index contributed by atoms with van der Waals surface area (Å²) in [7, 11) is 0. The lowest BCUT2D eigenvalue weighted by Gasteiger charge is -2.10. The van der Waals surface area contributed by atoms with Gasteiger partial charge in [0.25, 0.3) is 5.69 Å². The molecule has 3 N–H and O–H groups in total. The van der Waals surface area contributed by atoms with Crippen LogP contribution in [0, 0.1) is 13.7 Å². The number of hydrogen-bond donors (Lipinski definition) is 2. The van der Waals surface area contributed by atoms with Gasteiger partial charge in [0.15, 0.2) is 0 Å². The Morgan fingerprint density at radius 2 is 1.90 bits per heavy atom. The minimum absolute atomic E-state index is 0.124. The zero-order valence-electron chi connectivity index (χ0n) is 10.7. The third-order valence-electron chi connectivity index (χ3n) is 2.97. The predicted octanol–water partition coefficient (Wildman–Crippen LogP) is 3.27. The van der Waals surface area contributed by atoms with E-state index in [1.54, 1.807) is 12.1 Å². The van der Waals surface area contributed by atoms with Crippen LogP contribution < -0.4 is 11.1 Å². The molecule has 2 aromatic rings. The first-order valence-corrected chi connectivity index (χ1v) is 7.14. The highest BCUT2D eigenvalue weighted by atomic mass is 127. The lowest BCUT2D eigenvalue weighted by Crippen LogP contribution is -2.06. The van der Waals surface area contributed by atoms with Crippen LogP contribution in [0.5, 0.6) is 0 Å². The van der Waals surface area contributed by atoms with Gasteiger partial charge in [0.2, 0.25) is 0 Å². The Hall–Kier alpha value is -1.67. The molecule has 0 atom stereocenters. The van der Waals surface area contributed by atoms with Crippen LogP contribution in [-0.2, 0) is 13.1 Å². The van der Waals surface area contributed by atoms with Gasteiger partial charge in [0.1, 0.15) is 0 Å². The molecule has 6 heteroatoms. The molecule has 20 heavy (non-hydrogen) atoms. The smallest absolute Gasteiger partial charge is 0.282 e. The van der Waals surface area contributed by atoms with Crippen molar-refractivity contribution >= 4 is 34.0 Å². The molecule has 0 radical (unpaired) electrons. The molecule has 0 aliphatic rings. The van der Waals surface area contributed by atoms with E-state index in [0.29, 0.717) is 16.7 Å². The topological polar surface area (TPSA) is 81.2 Å². The SMILES string of the molecule is NCc1ccccc1CNc1ccc([N+](=O)[O-])c(I)c1. The molecule has 0 saturated carbocycles. The Morgan fingerprint density at radius 3 is 2.50 bits per heavy atom. The Kier molecular flexibility index (Phi) is 4.91. The van der Waals surface area contributed by atoms with E-state index in [2.05, 4.69) is 5.32 Å². The average Bonchev–Trinajstić information content (AvgIpc) is 2.45. The van der Waals surface area contributed by atoms with E-state index >= 15 is 0 Å². The number of hydrogen-bond acceptors (Lipinski definition) is 4. The average molecular weight is 383 g/mol. The molecular weight excluding hydrogens is 369 g/mol. The van der Waals surface area contributed by atoms with Crippen molar-refractivity contribution in [2.24, 2.45) is 5.73 Å². The fourth-order valence-electron chi connectivity index (χ4n) is 1.89. The first-order valence-electron chi connectivity index (χ1n) is 6.06. The van der Waals surface area contributed by atoms with E-state index in [0.717, 1.165) is 16.8 Å². The second kappa shape index (κ2) is 6.67. The highest BCUT2D eigenvalue weighted by molar-refractivity contribution is 14.1. The standard InChI is InChI=1S/C14H14IN3O2/c15-13-7-12(5-6-14(13)18(19)20)17-9-11-4-2-1-3-10(11)8-16/h1-7,17H,8-9,16H2. The van der Waals surface area contributed by atoms with Crippen LogP contribution >= 0.6 is 22.6 Å². The summed E-state index contributed by atoms with van der Waals surface area (Å²) >= 11 is 1.97. The van der Waals surface area contributed by atoms with Gasteiger partial charge in [-0.1, -0.05) is 24.3 Å². The van der Waals surface area contributed by atoms with E-state index in [1.807, 2.05) is 46.9 Å². The molecule has 0 heterocycles. The quantitative estimate of drug-likeness (QED) is 0.472. The maximum atomic E-state index is 10.8. The van der Waals surface area contributed by atoms with Gasteiger partial charge in [-0.2, -0.15) is 0 Å². The van der Waals surface area contributed by atoms with Gasteiger partial charge in [0, 0.05) is 24.8 Å². The van der Waals surface area contributed by atoms with Gasteiger partial charge in [-0.05, 0) is 45.9 Å². The molecule has 0 spiro atoms. The molecule has 2 rings (SSSR count). The third-order valence-corrected chi connectivity index (χ3v) is 3.83. The van der Waals surface area contributed by atoms with Crippen molar-refractivity contribution in [3.05, 3.63) is 67.3 Å². The third kappa shape index (κ3) is 3.45. The maximum Gasteiger partial charge on any atom is 0.282 e. The Bertz CT molecular complexity index is 632. The van der Waals surface area contributed by atoms with Gasteiger partial charge >= 0.3 is 0 Å². The number of nitrogens with two attached hydrogens (primary N) is 1. The molecule has 0 saturated heterocycles. The van der Waals surface area contributed by atoms with Gasteiger partial charge in [-0.15, -0.1) is 0 Å². The number of nitrogens with zero attached hydrogens (tertiary/aromatic N) is 1. The van der Waals surface area contributed by atoms with Crippen molar-refractivity contribution in [1.82, 2.24) is 0 Å². The Labute approximate surface area is 130 Å². The summed E-state index contributed by atoms with van der Waals surface area (Å²) in [4.78, 5) is 10.4. The molecular formula is C14H14IN3O2. The second-order valence-electron chi connectivity index (χ2n) is 4.25. The van der Waals surface area contributed by atoms with Crippen molar-refractivity contribution in [2.45, 2.75) is 13.1 Å². The summed E-state index contributed by atoms with van der Waals surface area (Å²) in [6, 6.07) is 12.9. The van der Waals surface area contributed by atoms with Crippen LogP contribution in [0.25, 0.3) is 0 Å². The maximum absolute atomic E-state index is 10.8. The summed E-state index contributed by atoms with van der Waals surface area (Å²) in [5, 5.41) is 14.0. The molecule has 0 aliphatic carbocycles. The lowest BCUT2D eigenvalue weighted by molar-refractivity contribution is -0.385. The number of halogens is 1. The summed E-state index contributed by atoms with van der Waals surface area (Å²) < 4.78 is 0.615. The Balaban J connectivity index is 2.11. The van der Waals surface area contributed by atoms with Crippen LogP contribution in [0.4, 0.5) is 11.4 Å². The molecule has 0 bridgehead atoms. The van der Waals surface area contributed by atoms with Gasteiger partial charge in [-0.25, -0.2) is 0 Å². The first kappa shape index (κ1) is 14.7. The number of anilines is 1. The van der Waals surface area contributed by atoms with Crippen LogP contribution in [-0.4, -0.2) is 4.92 Å². The van der Waals surface area contributed by atoms with Crippen LogP contribution in [0.1, 0.15) is 11.1 Å². The molecule has 2 aromatic carbocycles. The molecule has 0 aliphatic heterocycles. The number of benzene rings is 2. The van der Waals surface area contributed by atoms with Crippen molar-refractivity contribution in [3.63, 3.8) is 0 Å². The minimum Gasteiger partial charge on any atom is -0.381 e. The van der Waals surface area contributed by atoms with Crippen LogP contribution in [0.2, 0.25) is 0 Å². The minimum atomic E-state index is -0.380. The van der Waals surface area contributed by atoms with E-state index in [4.69, 9.17) is 5.73 Å². The van der Waals surface area contributed by atoms with E-state index < -0.39 is 0 Å². The van der Waals surface area contributed by atoms with Crippen molar-refractivity contribution < 1.29 is 4.92 Å². The number of rotatable bonds is 5. The molecule has 0 fully saturated rings. The van der Waals surface area contributed by atoms with Gasteiger partial charge in [-0.3, -0.25) is 10.1 Å². The summed E-state index contributed by atoms with van der Waals surface area (Å²) in [5.41, 5.74) is 8.89. The monoisotopic (exact) mass is 383 g/mol. The number of nitro benzene ring substituents is 1. The van der Waals surface area contributed by atoms with Gasteiger partial charge in [0.05, 0.1) is 8.49 Å². The van der Waals surface area contributed by atoms with Crippen molar-refractivity contribution in [2.75, 3.05) is 5.32 Å². The van der Waals surface area contributed by atoms with Crippen molar-refractivity contribution in [3.8, 4) is 0 Å². The highest BCUT2D eigenvalue weighted by Crippen LogP contribution is 2.24. The molecule has 0 unspecified atom stereocenters. The second-order valence-corrected chi connectivity index (χ2v) is 5.41. The predicted molar refractivity (Wildman–Crippen MR) is 87.5 cm³/mol. The highest BCUT2D eigenvalue weighted by Gasteiger charge is 2.11. The van der Waals surface area contributed by atoms with Crippen LogP contribution in [0.3, 0.4) is 0 Å². The lowest BCUT2D eigenvalue weighted by atomic mass is 10.1. The first-order chi connectivity index (χ1) is 9.61. The summed E-state index contributed by atoms with van der Waals surface area (Å²) in [6.07, 6.45) is 0. The zero-order chi connectivity index (χ0) is 14.5. The fourth-order valence-corrected chi connectivity index (χ4v) is 2.60. The molecule has 0 aromatic heterocycles. The largest absolute Gasteiger partial charge is 0.381 e. The van der Waals surface area contributed by atoms with E-state index in [9.17, 15) is 10.1 Å². The molecule has 104 valence electrons. The van der Waals surface area contributed by atoms with E-state index in [1.165, 1.54) is 6.07 Å². The fraction of sp³-hybridized carbons (Fsp3) is 0.143. The summed E-state index contributed by atoms with van der Waals surface area (Å²) in [6.45, 7) is 1.14. The van der Waals surface area contributed by atoms with Crippen LogP contribution in [0.15, 0.2) is 42.5 Å². The van der Waals surface area contributed by atoms with E-state index in [-0.39, 0.29) is 10.6 Å². The normalized spacial score (nSPS) is 10.3. The zero-order valence-corrected chi connectivity index (χ0v) is 12.8. The molecule has 0 amide bonds. The van der Waals surface area contributed by atoms with Gasteiger partial charge < -0.3 is 11.1 Å². The number of nitro groups is 1. The van der Waals surface area contributed by atoms with Crippen molar-refractivity contribution in [1.29, 1.82) is 0 Å².